The van der Waals surface area contributed by atoms with Crippen molar-refractivity contribution in [3.8, 4) is 0 Å². The fourth-order valence-electron chi connectivity index (χ4n) is 19.2. The topological polar surface area (TPSA) is 233 Å². The third-order valence-electron chi connectivity index (χ3n) is 27.6. The van der Waals surface area contributed by atoms with Crippen LogP contribution in [0.5, 0.6) is 0 Å². The minimum atomic E-state index is -1.27. The zero-order chi connectivity index (χ0) is 89.0. The lowest BCUT2D eigenvalue weighted by atomic mass is 9.81. The third-order valence-corrected chi connectivity index (χ3v) is 27.6. The number of hydrogen-bond donors (Lipinski definition) is 0. The summed E-state index contributed by atoms with van der Waals surface area (Å²) in [7, 11) is 0. The minimum absolute atomic E-state index is 0.00283. The van der Waals surface area contributed by atoms with Crippen LogP contribution in [-0.4, -0.2) is 167 Å². The van der Waals surface area contributed by atoms with Crippen molar-refractivity contribution in [3.63, 3.8) is 0 Å². The summed E-state index contributed by atoms with van der Waals surface area (Å²) in [5.41, 5.74) is 18.9. The van der Waals surface area contributed by atoms with Crippen molar-refractivity contribution >= 4 is 0 Å². The van der Waals surface area contributed by atoms with E-state index in [0.717, 1.165) is 50.9 Å². The van der Waals surface area contributed by atoms with Crippen LogP contribution in [-0.2, 0) is 148 Å². The van der Waals surface area contributed by atoms with Gasteiger partial charge >= 0.3 is 0 Å². The number of nitrogens with zero attached hydrogens (tertiary/aromatic N) is 3. The molecule has 0 amide bonds. The number of benzene rings is 8. The first kappa shape index (κ1) is 94.9. The van der Waals surface area contributed by atoms with Crippen LogP contribution in [0.25, 0.3) is 10.4 Å². The molecule has 7 aliphatic rings. The smallest absolute Gasteiger partial charge is 0.185 e. The maximum absolute atomic E-state index is 11.0. The highest BCUT2D eigenvalue weighted by molar-refractivity contribution is 5.21. The lowest BCUT2D eigenvalue weighted by molar-refractivity contribution is -0.381. The number of fused-ring (bicyclic) bond motifs is 1. The van der Waals surface area contributed by atoms with E-state index < -0.39 is 135 Å². The monoisotopic (exact) mass is 1760 g/mol. The molecule has 0 spiro atoms. The van der Waals surface area contributed by atoms with Crippen molar-refractivity contribution in [1.29, 1.82) is 0 Å². The Balaban J connectivity index is 0.738. The number of ether oxygens (including phenoxy) is 20. The van der Waals surface area contributed by atoms with Gasteiger partial charge in [-0.25, -0.2) is 0 Å². The zero-order valence-corrected chi connectivity index (χ0v) is 76.2. The van der Waals surface area contributed by atoms with Gasteiger partial charge < -0.3 is 94.7 Å². The molecule has 0 bridgehead atoms. The number of azide groups is 1. The van der Waals surface area contributed by atoms with E-state index >= 15 is 0 Å². The van der Waals surface area contributed by atoms with Crippen molar-refractivity contribution < 1.29 is 94.7 Å². The predicted octanol–water partition coefficient (Wildman–Crippen LogP) is 19.1. The highest BCUT2D eigenvalue weighted by Gasteiger charge is 2.63. The molecule has 1 aliphatic carbocycles. The van der Waals surface area contributed by atoms with Crippen molar-refractivity contribution in [2.45, 2.75) is 283 Å². The average molecular weight is 1760 g/mol. The van der Waals surface area contributed by atoms with Gasteiger partial charge in [-0.1, -0.05) is 317 Å². The van der Waals surface area contributed by atoms with Crippen LogP contribution < -0.4 is 0 Å². The molecule has 0 radical (unpaired) electrons. The van der Waals surface area contributed by atoms with E-state index in [9.17, 15) is 5.53 Å². The van der Waals surface area contributed by atoms with E-state index in [2.05, 4.69) is 109 Å². The lowest BCUT2D eigenvalue weighted by Gasteiger charge is -2.52. The molecule has 7 fully saturated rings. The molecule has 15 rings (SSSR count). The van der Waals surface area contributed by atoms with Gasteiger partial charge in [0.15, 0.2) is 37.2 Å². The molecule has 8 aromatic carbocycles. The fraction of sp³-hybridized carbons (Fsp3) is 0.543. The SMILES string of the molecule is CCC1O[C@H](OC2[C@@H](OCC3O[C@H](O[C@@H]4C(COCc5ccccc5)O[C@H](OC5C(OCc6ccccc6)C(OCc6ccccc6)C(OCc6ccccc6)[C@@H]6OC(C)(C)OC56)C(N=[N+]=[N-])[C@H]4C)C(OCc4ccccc4)[C@@H](C)[C@@H]3C)OC(COCc3ccccc3)[C@@H](C)[C@@H]2C)C(O[C@H]2OC(COCc3ccccc3)[C@@H](C)[C@H](C)C2OCc2ccccc2)[C@@H](C)[C@@H]1C. The highest BCUT2D eigenvalue weighted by Crippen LogP contribution is 2.48. The van der Waals surface area contributed by atoms with E-state index in [1.54, 1.807) is 0 Å². The van der Waals surface area contributed by atoms with E-state index in [0.29, 0.717) is 26.4 Å². The number of rotatable bonds is 40. The second kappa shape index (κ2) is 46.1. The largest absolute Gasteiger partial charge is 0.374 e. The first-order chi connectivity index (χ1) is 62.3. The van der Waals surface area contributed by atoms with Gasteiger partial charge in [-0.2, -0.15) is 0 Å². The third kappa shape index (κ3) is 24.2. The van der Waals surface area contributed by atoms with Crippen molar-refractivity contribution in [3.05, 3.63) is 298 Å². The summed E-state index contributed by atoms with van der Waals surface area (Å²) < 4.78 is 144. The summed E-state index contributed by atoms with van der Waals surface area (Å²) in [5, 5.41) is 4.62. The maximum atomic E-state index is 11.0. The van der Waals surface area contributed by atoms with Crippen LogP contribution in [0.1, 0.15) is 134 Å². The minimum Gasteiger partial charge on any atom is -0.374 e. The molecule has 6 heterocycles. The Morgan fingerprint density at radius 2 is 0.547 bits per heavy atom. The van der Waals surface area contributed by atoms with E-state index in [-0.39, 0.29) is 112 Å². The molecular formula is C105H133N3O20. The lowest BCUT2D eigenvalue weighted by Crippen LogP contribution is -2.67. The normalized spacial score (nSPS) is 34.7. The molecule has 688 valence electrons. The maximum Gasteiger partial charge on any atom is 0.185 e. The zero-order valence-electron chi connectivity index (χ0n) is 76.2. The van der Waals surface area contributed by atoms with Crippen LogP contribution >= 0.6 is 0 Å². The van der Waals surface area contributed by atoms with Crippen molar-refractivity contribution in [1.82, 2.24) is 0 Å². The first-order valence-corrected chi connectivity index (χ1v) is 46.4. The summed E-state index contributed by atoms with van der Waals surface area (Å²) in [5.74, 6) is -2.50. The van der Waals surface area contributed by atoms with Gasteiger partial charge in [-0.05, 0) is 124 Å². The standard InChI is InChI=1S/C105H133N3O20/c1-13-83-66(2)72(8)93(125-103-91(113-58-79-46-30-18-31-47-79)70(6)67(3)85(120-103)63-110-55-76-40-24-15-25-41-76)104(118-83)124-92-73(9)69(5)84(62-109-54-75-38-22-14-23-39-75)119-101(92)117-65-86-68(4)71(7)90(112-57-78-44-28-17-29-45-78)102(121-86)123-89-74(10)88(107-108-106)100(122-87(89)64-111-56-77-42-26-16-27-43-77)126-97-95(115-60-81-50-34-20-35-51-81)94(114-59-80-48-32-19-33-49-80)96(98-99(97)128-105(11,12)127-98)116-61-82-52-36-21-37-53-82/h14-53,66-74,83-104H,13,54-65H2,1-12H3/t66-,67-,68-,69-,70-,71-,72-,73-,74+,83?,84?,85?,86?,87?,88?,89-,90?,91?,92?,93?,94?,95?,96?,97?,98-,99?,100+,101-,102+,103+,104+/m0/s1. The molecule has 0 N–H and O–H groups in total. The predicted molar refractivity (Wildman–Crippen MR) is 482 cm³/mol. The van der Waals surface area contributed by atoms with Crippen molar-refractivity contribution in [2.24, 2.45) is 58.4 Å². The Labute approximate surface area is 756 Å². The highest BCUT2D eigenvalue weighted by atomic mass is 16.8. The van der Waals surface area contributed by atoms with Gasteiger partial charge in [0.05, 0.1) is 116 Å². The molecule has 128 heavy (non-hydrogen) atoms. The molecule has 0 aromatic heterocycles. The molecule has 31 atom stereocenters. The Bertz CT molecular complexity index is 4600. The van der Waals surface area contributed by atoms with Crippen LogP contribution in [0.3, 0.4) is 0 Å². The van der Waals surface area contributed by atoms with E-state index in [1.807, 2.05) is 227 Å². The van der Waals surface area contributed by atoms with Gasteiger partial charge in [0.2, 0.25) is 0 Å². The number of hydrogen-bond acceptors (Lipinski definition) is 21. The summed E-state index contributed by atoms with van der Waals surface area (Å²) in [6.45, 7) is 28.5. The Morgan fingerprint density at radius 1 is 0.273 bits per heavy atom. The average Bonchev–Trinajstić information content (AvgIpc) is 1.52. The van der Waals surface area contributed by atoms with E-state index in [4.69, 9.17) is 94.7 Å². The Morgan fingerprint density at radius 3 is 0.930 bits per heavy atom. The van der Waals surface area contributed by atoms with Crippen LogP contribution in [0.4, 0.5) is 0 Å². The quantitative estimate of drug-likeness (QED) is 0.0197. The molecule has 1 saturated carbocycles. The van der Waals surface area contributed by atoms with E-state index in [1.165, 1.54) is 0 Å². The molecule has 6 saturated heterocycles. The van der Waals surface area contributed by atoms with Gasteiger partial charge in [0.25, 0.3) is 0 Å². The first-order valence-electron chi connectivity index (χ1n) is 46.4. The Hall–Kier alpha value is -7.73. The fourth-order valence-corrected chi connectivity index (χ4v) is 19.2. The molecule has 15 unspecified atom stereocenters. The van der Waals surface area contributed by atoms with Crippen LogP contribution in [0, 0.1) is 53.3 Å². The van der Waals surface area contributed by atoms with Gasteiger partial charge in [0, 0.05) is 4.91 Å². The van der Waals surface area contributed by atoms with Gasteiger partial charge in [-0.3, -0.25) is 0 Å². The van der Waals surface area contributed by atoms with Gasteiger partial charge in [-0.15, -0.1) is 0 Å². The molecule has 23 heteroatoms. The molecule has 8 aromatic rings. The molecule has 23 nitrogen and oxygen atoms in total. The second-order valence-corrected chi connectivity index (χ2v) is 36.7. The summed E-state index contributed by atoms with van der Waals surface area (Å²) in [6.07, 6.45) is -15.3. The summed E-state index contributed by atoms with van der Waals surface area (Å²) in [4.78, 5) is 3.56. The summed E-state index contributed by atoms with van der Waals surface area (Å²) >= 11 is 0. The van der Waals surface area contributed by atoms with Crippen LogP contribution in [0.2, 0.25) is 0 Å². The van der Waals surface area contributed by atoms with Crippen molar-refractivity contribution in [2.75, 3.05) is 26.4 Å². The summed E-state index contributed by atoms with van der Waals surface area (Å²) in [6, 6.07) is 79.6. The van der Waals surface area contributed by atoms with Crippen LogP contribution in [0.15, 0.2) is 248 Å². The van der Waals surface area contributed by atoms with Gasteiger partial charge in [0.1, 0.15) is 67.1 Å². The second-order valence-electron chi connectivity index (χ2n) is 36.7. The molecule has 6 aliphatic heterocycles. The Kier molecular flexibility index (Phi) is 34.2. The molecular weight excluding hydrogens is 1620 g/mol.